The molecule has 0 unspecified atom stereocenters. The van der Waals surface area contributed by atoms with Crippen molar-refractivity contribution in [1.29, 1.82) is 0 Å². The molecule has 1 rings (SSSR count). The van der Waals surface area contributed by atoms with E-state index in [1.807, 2.05) is 11.0 Å². The van der Waals surface area contributed by atoms with Crippen LogP contribution >= 0.6 is 11.8 Å². The fourth-order valence-corrected chi connectivity index (χ4v) is 3.09. The van der Waals surface area contributed by atoms with E-state index in [-0.39, 0.29) is 5.75 Å². The summed E-state index contributed by atoms with van der Waals surface area (Å²) in [6, 6.07) is 7.88. The minimum atomic E-state index is -3.69. The van der Waals surface area contributed by atoms with Crippen LogP contribution in [0.15, 0.2) is 30.3 Å². The van der Waals surface area contributed by atoms with E-state index in [0.717, 1.165) is 0 Å². The SMILES string of the molecule is CSCC[C@H](N)C(=O)NS(=O)(=O)Cc1ccccc1. The van der Waals surface area contributed by atoms with Gasteiger partial charge < -0.3 is 5.73 Å². The molecule has 0 saturated heterocycles. The highest BCUT2D eigenvalue weighted by molar-refractivity contribution is 7.98. The number of hydrogen-bond acceptors (Lipinski definition) is 5. The molecular weight excluding hydrogens is 284 g/mol. The van der Waals surface area contributed by atoms with Gasteiger partial charge in [-0.2, -0.15) is 11.8 Å². The van der Waals surface area contributed by atoms with E-state index in [1.54, 1.807) is 42.1 Å². The van der Waals surface area contributed by atoms with Crippen LogP contribution in [0.4, 0.5) is 0 Å². The highest BCUT2D eigenvalue weighted by atomic mass is 32.2. The Morgan fingerprint density at radius 3 is 2.58 bits per heavy atom. The fraction of sp³-hybridized carbons (Fsp3) is 0.417. The molecular formula is C12H18N2O3S2. The summed E-state index contributed by atoms with van der Waals surface area (Å²) in [6.45, 7) is 0. The summed E-state index contributed by atoms with van der Waals surface area (Å²) in [6.07, 6.45) is 2.35. The number of nitrogens with one attached hydrogen (secondary N) is 1. The normalized spacial score (nSPS) is 12.9. The predicted octanol–water partition coefficient (Wildman–Crippen LogP) is 0.713. The van der Waals surface area contributed by atoms with Crippen LogP contribution in [0, 0.1) is 0 Å². The van der Waals surface area contributed by atoms with Gasteiger partial charge in [0.15, 0.2) is 0 Å². The second-order valence-corrected chi connectivity index (χ2v) is 6.81. The predicted molar refractivity (Wildman–Crippen MR) is 78.2 cm³/mol. The monoisotopic (exact) mass is 302 g/mol. The lowest BCUT2D eigenvalue weighted by Gasteiger charge is -2.12. The Bertz CT molecular complexity index is 503. The number of hydrogen-bond donors (Lipinski definition) is 2. The zero-order valence-corrected chi connectivity index (χ0v) is 12.3. The van der Waals surface area contributed by atoms with Crippen LogP contribution in [0.5, 0.6) is 0 Å². The summed E-state index contributed by atoms with van der Waals surface area (Å²) < 4.78 is 25.6. The van der Waals surface area contributed by atoms with Gasteiger partial charge in [-0.05, 0) is 24.0 Å². The zero-order valence-electron chi connectivity index (χ0n) is 10.7. The molecule has 0 aliphatic rings. The Balaban J connectivity index is 2.57. The van der Waals surface area contributed by atoms with Gasteiger partial charge in [0.2, 0.25) is 15.9 Å². The van der Waals surface area contributed by atoms with E-state index in [1.165, 1.54) is 0 Å². The van der Waals surface area contributed by atoms with Gasteiger partial charge in [-0.25, -0.2) is 8.42 Å². The summed E-state index contributed by atoms with van der Waals surface area (Å²) in [4.78, 5) is 11.6. The van der Waals surface area contributed by atoms with Gasteiger partial charge in [0.05, 0.1) is 11.8 Å². The Morgan fingerprint density at radius 2 is 2.00 bits per heavy atom. The van der Waals surface area contributed by atoms with Crippen LogP contribution in [-0.4, -0.2) is 32.4 Å². The molecule has 7 heteroatoms. The van der Waals surface area contributed by atoms with E-state index in [9.17, 15) is 13.2 Å². The molecule has 3 N–H and O–H groups in total. The number of amides is 1. The van der Waals surface area contributed by atoms with Crippen LogP contribution in [0.1, 0.15) is 12.0 Å². The van der Waals surface area contributed by atoms with E-state index in [4.69, 9.17) is 5.73 Å². The third kappa shape index (κ3) is 6.09. The van der Waals surface area contributed by atoms with Crippen LogP contribution < -0.4 is 10.5 Å². The Labute approximate surface area is 118 Å². The van der Waals surface area contributed by atoms with Gasteiger partial charge in [0.1, 0.15) is 0 Å². The maximum absolute atomic E-state index is 11.8. The van der Waals surface area contributed by atoms with E-state index >= 15 is 0 Å². The van der Waals surface area contributed by atoms with Crippen LogP contribution in [-0.2, 0) is 20.6 Å². The van der Waals surface area contributed by atoms with Crippen molar-refractivity contribution in [1.82, 2.24) is 4.72 Å². The number of thioether (sulfide) groups is 1. The Hall–Kier alpha value is -1.05. The lowest BCUT2D eigenvalue weighted by atomic mass is 10.2. The average molecular weight is 302 g/mol. The molecule has 1 amide bonds. The first-order valence-electron chi connectivity index (χ1n) is 5.77. The molecule has 1 atom stereocenters. The van der Waals surface area contributed by atoms with Gasteiger partial charge in [-0.3, -0.25) is 9.52 Å². The quantitative estimate of drug-likeness (QED) is 0.774. The topological polar surface area (TPSA) is 89.3 Å². The number of sulfonamides is 1. The second-order valence-electron chi connectivity index (χ2n) is 4.10. The lowest BCUT2D eigenvalue weighted by molar-refractivity contribution is -0.120. The molecule has 19 heavy (non-hydrogen) atoms. The summed E-state index contributed by atoms with van der Waals surface area (Å²) >= 11 is 1.56. The molecule has 1 aromatic carbocycles. The molecule has 0 aliphatic carbocycles. The highest BCUT2D eigenvalue weighted by Gasteiger charge is 2.20. The summed E-state index contributed by atoms with van der Waals surface area (Å²) in [5, 5.41) is 0. The standard InChI is InChI=1S/C12H18N2O3S2/c1-18-8-7-11(13)12(15)14-19(16,17)9-10-5-3-2-4-6-10/h2-6,11H,7-9,13H2,1H3,(H,14,15)/t11-/m0/s1. The van der Waals surface area contributed by atoms with Crippen molar-refractivity contribution < 1.29 is 13.2 Å². The van der Waals surface area contributed by atoms with Gasteiger partial charge in [0, 0.05) is 0 Å². The van der Waals surface area contributed by atoms with Crippen molar-refractivity contribution in [2.24, 2.45) is 5.73 Å². The number of benzene rings is 1. The molecule has 1 aromatic rings. The number of rotatable bonds is 7. The Morgan fingerprint density at radius 1 is 1.37 bits per heavy atom. The van der Waals surface area contributed by atoms with Crippen LogP contribution in [0.25, 0.3) is 0 Å². The number of nitrogens with two attached hydrogens (primary N) is 1. The lowest BCUT2D eigenvalue weighted by Crippen LogP contribution is -2.44. The molecule has 5 nitrogen and oxygen atoms in total. The molecule has 0 spiro atoms. The number of carbonyl (C=O) groups is 1. The summed E-state index contributed by atoms with van der Waals surface area (Å²) in [5.74, 6) is -0.160. The fourth-order valence-electron chi connectivity index (χ4n) is 1.43. The van der Waals surface area contributed by atoms with Gasteiger partial charge >= 0.3 is 0 Å². The van der Waals surface area contributed by atoms with Crippen molar-refractivity contribution >= 4 is 27.7 Å². The first-order chi connectivity index (χ1) is 8.94. The maximum Gasteiger partial charge on any atom is 0.250 e. The minimum absolute atomic E-state index is 0.227. The van der Waals surface area contributed by atoms with Crippen LogP contribution in [0.3, 0.4) is 0 Å². The smallest absolute Gasteiger partial charge is 0.250 e. The molecule has 0 bridgehead atoms. The average Bonchev–Trinajstić information content (AvgIpc) is 2.35. The first-order valence-corrected chi connectivity index (χ1v) is 8.82. The number of carbonyl (C=O) groups excluding carboxylic acids is 1. The van der Waals surface area contributed by atoms with Gasteiger partial charge in [-0.1, -0.05) is 30.3 Å². The molecule has 106 valence electrons. The Kier molecular flexibility index (Phi) is 6.33. The van der Waals surface area contributed by atoms with E-state index < -0.39 is 22.0 Å². The summed E-state index contributed by atoms with van der Waals surface area (Å²) in [7, 11) is -3.69. The summed E-state index contributed by atoms with van der Waals surface area (Å²) in [5.41, 5.74) is 6.24. The second kappa shape index (κ2) is 7.52. The highest BCUT2D eigenvalue weighted by Crippen LogP contribution is 2.05. The van der Waals surface area contributed by atoms with E-state index in [2.05, 4.69) is 0 Å². The molecule has 0 saturated carbocycles. The third-order valence-corrected chi connectivity index (χ3v) is 4.29. The van der Waals surface area contributed by atoms with E-state index in [0.29, 0.717) is 17.7 Å². The molecule has 0 aromatic heterocycles. The van der Waals surface area contributed by atoms with Crippen LogP contribution in [0.2, 0.25) is 0 Å². The van der Waals surface area contributed by atoms with Gasteiger partial charge in [0.25, 0.3) is 0 Å². The molecule has 0 radical (unpaired) electrons. The molecule has 0 aliphatic heterocycles. The third-order valence-electron chi connectivity index (χ3n) is 2.43. The maximum atomic E-state index is 11.8. The molecule has 0 fully saturated rings. The van der Waals surface area contributed by atoms with Gasteiger partial charge in [-0.15, -0.1) is 0 Å². The van der Waals surface area contributed by atoms with Crippen molar-refractivity contribution in [3.05, 3.63) is 35.9 Å². The largest absolute Gasteiger partial charge is 0.320 e. The van der Waals surface area contributed by atoms with Crippen molar-refractivity contribution in [2.45, 2.75) is 18.2 Å². The van der Waals surface area contributed by atoms with Crippen molar-refractivity contribution in [2.75, 3.05) is 12.0 Å². The van der Waals surface area contributed by atoms with Crippen molar-refractivity contribution in [3.8, 4) is 0 Å². The zero-order chi connectivity index (χ0) is 14.3. The first kappa shape index (κ1) is 16.0. The van der Waals surface area contributed by atoms with Crippen molar-refractivity contribution in [3.63, 3.8) is 0 Å². The minimum Gasteiger partial charge on any atom is -0.320 e. The molecule has 0 heterocycles.